The third-order valence-electron chi connectivity index (χ3n) is 10.5. The number of nitriles is 1. The van der Waals surface area contributed by atoms with Crippen LogP contribution in [0.15, 0.2) is 72.8 Å². The molecule has 0 atom stereocenters. The van der Waals surface area contributed by atoms with Gasteiger partial charge in [0.15, 0.2) is 0 Å². The van der Waals surface area contributed by atoms with Gasteiger partial charge >= 0.3 is 0 Å². The van der Waals surface area contributed by atoms with Crippen molar-refractivity contribution in [2.75, 3.05) is 0 Å². The molecule has 4 aromatic carbocycles. The van der Waals surface area contributed by atoms with Crippen molar-refractivity contribution < 1.29 is 9.47 Å². The molecule has 46 heavy (non-hydrogen) atoms. The molecule has 4 heteroatoms. The largest absolute Gasteiger partial charge is 0.490 e. The summed E-state index contributed by atoms with van der Waals surface area (Å²) in [6.45, 7) is 14.7. The minimum absolute atomic E-state index is 0.337. The molecule has 4 aromatic rings. The Hall–Kier alpha value is -3.55. The first-order chi connectivity index (χ1) is 21.9. The third kappa shape index (κ3) is 8.83. The second-order valence-corrected chi connectivity index (χ2v) is 15.8. The van der Waals surface area contributed by atoms with Crippen LogP contribution in [0.5, 0.6) is 11.5 Å². The number of rotatable bonds is 5. The molecule has 2 aliphatic carbocycles. The van der Waals surface area contributed by atoms with E-state index in [-0.39, 0.29) is 0 Å². The maximum atomic E-state index is 8.97. The van der Waals surface area contributed by atoms with Gasteiger partial charge < -0.3 is 15.2 Å². The van der Waals surface area contributed by atoms with E-state index >= 15 is 0 Å². The van der Waals surface area contributed by atoms with Gasteiger partial charge in [0.2, 0.25) is 0 Å². The van der Waals surface area contributed by atoms with E-state index in [0.717, 1.165) is 46.9 Å². The highest BCUT2D eigenvalue weighted by molar-refractivity contribution is 5.85. The van der Waals surface area contributed by atoms with Crippen LogP contribution >= 0.6 is 0 Å². The predicted octanol–water partition coefficient (Wildman–Crippen LogP) is 11.0. The van der Waals surface area contributed by atoms with E-state index in [4.69, 9.17) is 20.5 Å². The van der Waals surface area contributed by atoms with E-state index in [1.54, 1.807) is 0 Å². The third-order valence-corrected chi connectivity index (χ3v) is 10.5. The maximum Gasteiger partial charge on any atom is 0.120 e. The smallest absolute Gasteiger partial charge is 0.120 e. The van der Waals surface area contributed by atoms with E-state index in [2.05, 4.69) is 90.1 Å². The van der Waals surface area contributed by atoms with Crippen molar-refractivity contribution in [1.82, 2.24) is 0 Å². The highest BCUT2D eigenvalue weighted by Gasteiger charge is 2.31. The lowest BCUT2D eigenvalue weighted by Gasteiger charge is -2.37. The van der Waals surface area contributed by atoms with Crippen LogP contribution in [-0.4, -0.2) is 12.2 Å². The standard InChI is InChI=1S/C21H29NO.C21H25NO/c2*1-21(2,3)18-7-10-19(11-8-18)23-20-9-6-16-12-15(14-22)4-5-17(16)13-20/h4-6,9,12-13,18-19H,7-8,10-11,14,22H2,1-3H3;4-6,9,12-13,18-19H,7-8,10-11H2,1-3H3. The fraction of sp³-hybridized carbons (Fsp3) is 0.500. The second kappa shape index (κ2) is 14.5. The van der Waals surface area contributed by atoms with Crippen LogP contribution in [-0.2, 0) is 6.54 Å². The van der Waals surface area contributed by atoms with Gasteiger partial charge in [-0.3, -0.25) is 0 Å². The molecule has 244 valence electrons. The van der Waals surface area contributed by atoms with Crippen molar-refractivity contribution in [3.63, 3.8) is 0 Å². The number of ether oxygens (including phenoxy) is 2. The average molecular weight is 619 g/mol. The zero-order valence-corrected chi connectivity index (χ0v) is 28.9. The minimum Gasteiger partial charge on any atom is -0.490 e. The molecule has 4 nitrogen and oxygen atoms in total. The van der Waals surface area contributed by atoms with Crippen LogP contribution in [0.1, 0.15) is 104 Å². The quantitative estimate of drug-likeness (QED) is 0.242. The Morgan fingerprint density at radius 1 is 0.587 bits per heavy atom. The second-order valence-electron chi connectivity index (χ2n) is 15.8. The Morgan fingerprint density at radius 2 is 1.00 bits per heavy atom. The fourth-order valence-corrected chi connectivity index (χ4v) is 7.32. The molecule has 0 amide bonds. The molecule has 0 aromatic heterocycles. The number of benzene rings is 4. The van der Waals surface area contributed by atoms with Crippen LogP contribution in [0.2, 0.25) is 0 Å². The molecule has 2 fully saturated rings. The zero-order chi connectivity index (χ0) is 32.9. The molecule has 0 radical (unpaired) electrons. The number of hydrogen-bond acceptors (Lipinski definition) is 4. The van der Waals surface area contributed by atoms with Gasteiger partial charge in [-0.1, -0.05) is 71.9 Å². The Balaban J connectivity index is 0.000000181. The average Bonchev–Trinajstić information content (AvgIpc) is 3.04. The van der Waals surface area contributed by atoms with Crippen molar-refractivity contribution in [3.8, 4) is 17.6 Å². The van der Waals surface area contributed by atoms with Gasteiger partial charge in [0, 0.05) is 6.54 Å². The summed E-state index contributed by atoms with van der Waals surface area (Å²) in [4.78, 5) is 0. The molecule has 6 rings (SSSR count). The topological polar surface area (TPSA) is 68.3 Å². The molecule has 0 heterocycles. The van der Waals surface area contributed by atoms with Crippen LogP contribution in [0, 0.1) is 34.0 Å². The maximum absolute atomic E-state index is 8.97. The Kier molecular flexibility index (Phi) is 10.6. The number of nitrogens with zero attached hydrogens (tertiary/aromatic N) is 1. The summed E-state index contributed by atoms with van der Waals surface area (Å²) in [6.07, 6.45) is 10.4. The first-order valence-electron chi connectivity index (χ1n) is 17.4. The van der Waals surface area contributed by atoms with E-state index in [1.807, 2.05) is 30.3 Å². The van der Waals surface area contributed by atoms with Gasteiger partial charge in [-0.2, -0.15) is 5.26 Å². The molecule has 0 spiro atoms. The summed E-state index contributed by atoms with van der Waals surface area (Å²) in [7, 11) is 0. The summed E-state index contributed by atoms with van der Waals surface area (Å²) >= 11 is 0. The molecule has 0 aliphatic heterocycles. The number of hydrogen-bond donors (Lipinski definition) is 1. The molecule has 0 unspecified atom stereocenters. The summed E-state index contributed by atoms with van der Waals surface area (Å²) in [5.41, 5.74) is 8.42. The van der Waals surface area contributed by atoms with Crippen molar-refractivity contribution in [2.45, 2.75) is 112 Å². The van der Waals surface area contributed by atoms with Crippen LogP contribution in [0.3, 0.4) is 0 Å². The Bertz CT molecular complexity index is 1640. The molecule has 0 bridgehead atoms. The summed E-state index contributed by atoms with van der Waals surface area (Å²) in [5.74, 6) is 3.58. The Labute approximate surface area is 277 Å². The minimum atomic E-state index is 0.337. The zero-order valence-electron chi connectivity index (χ0n) is 28.9. The first-order valence-corrected chi connectivity index (χ1v) is 17.4. The van der Waals surface area contributed by atoms with Crippen LogP contribution in [0.4, 0.5) is 0 Å². The SMILES string of the molecule is CC(C)(C)C1CCC(Oc2ccc3cc(C#N)ccc3c2)CC1.CC(C)(C)C1CCC(Oc2ccc3cc(CN)ccc3c2)CC1. The summed E-state index contributed by atoms with van der Waals surface area (Å²) in [6, 6.07) is 26.9. The van der Waals surface area contributed by atoms with E-state index in [1.165, 1.54) is 54.9 Å². The van der Waals surface area contributed by atoms with Crippen molar-refractivity contribution in [1.29, 1.82) is 5.26 Å². The molecular weight excluding hydrogens is 564 g/mol. The van der Waals surface area contributed by atoms with Gasteiger partial charge in [0.05, 0.1) is 23.8 Å². The molecular formula is C42H54N2O2. The molecule has 0 saturated heterocycles. The highest BCUT2D eigenvalue weighted by atomic mass is 16.5. The molecule has 2 saturated carbocycles. The lowest BCUT2D eigenvalue weighted by molar-refractivity contribution is 0.0881. The van der Waals surface area contributed by atoms with Gasteiger partial charge in [-0.25, -0.2) is 0 Å². The fourth-order valence-electron chi connectivity index (χ4n) is 7.32. The molecule has 2 aliphatic rings. The number of nitrogens with two attached hydrogens (primary N) is 1. The van der Waals surface area contributed by atoms with Crippen LogP contribution < -0.4 is 15.2 Å². The predicted molar refractivity (Wildman–Crippen MR) is 192 cm³/mol. The van der Waals surface area contributed by atoms with Gasteiger partial charge in [-0.05, 0) is 144 Å². The van der Waals surface area contributed by atoms with Crippen molar-refractivity contribution in [3.05, 3.63) is 83.9 Å². The van der Waals surface area contributed by atoms with E-state index in [9.17, 15) is 0 Å². The van der Waals surface area contributed by atoms with Crippen molar-refractivity contribution >= 4 is 21.5 Å². The molecule has 2 N–H and O–H groups in total. The van der Waals surface area contributed by atoms with Crippen molar-refractivity contribution in [2.24, 2.45) is 28.4 Å². The lowest BCUT2D eigenvalue weighted by atomic mass is 9.72. The summed E-state index contributed by atoms with van der Waals surface area (Å²) in [5, 5.41) is 13.7. The van der Waals surface area contributed by atoms with Gasteiger partial charge in [0.1, 0.15) is 11.5 Å². The number of fused-ring (bicyclic) bond motifs is 2. The van der Waals surface area contributed by atoms with E-state index < -0.39 is 0 Å². The summed E-state index contributed by atoms with van der Waals surface area (Å²) < 4.78 is 12.5. The lowest BCUT2D eigenvalue weighted by Crippen LogP contribution is -2.30. The van der Waals surface area contributed by atoms with Gasteiger partial charge in [0.25, 0.3) is 0 Å². The Morgan fingerprint density at radius 3 is 1.43 bits per heavy atom. The normalized spacial score (nSPS) is 22.0. The highest BCUT2D eigenvalue weighted by Crippen LogP contribution is 2.40. The van der Waals surface area contributed by atoms with Crippen LogP contribution in [0.25, 0.3) is 21.5 Å². The van der Waals surface area contributed by atoms with Gasteiger partial charge in [-0.15, -0.1) is 0 Å². The monoisotopic (exact) mass is 618 g/mol. The first kappa shape index (κ1) is 33.8. The van der Waals surface area contributed by atoms with E-state index in [0.29, 0.717) is 35.1 Å².